The number of amides is 1. The molecule has 0 radical (unpaired) electrons. The molecule has 1 unspecified atom stereocenters. The molecule has 0 heterocycles. The Morgan fingerprint density at radius 3 is 2.72 bits per heavy atom. The van der Waals surface area contributed by atoms with E-state index in [9.17, 15) is 4.79 Å². The van der Waals surface area contributed by atoms with E-state index in [-0.39, 0.29) is 18.4 Å². The van der Waals surface area contributed by atoms with Crippen molar-refractivity contribution in [1.29, 1.82) is 0 Å². The number of carbonyl (C=O) groups is 1. The van der Waals surface area contributed by atoms with Crippen LogP contribution in [0.3, 0.4) is 0 Å². The summed E-state index contributed by atoms with van der Waals surface area (Å²) >= 11 is 11.7. The Morgan fingerprint density at radius 1 is 1.44 bits per heavy atom. The highest BCUT2D eigenvalue weighted by Crippen LogP contribution is 2.22. The highest BCUT2D eigenvalue weighted by atomic mass is 35.5. The van der Waals surface area contributed by atoms with E-state index in [2.05, 4.69) is 11.2 Å². The molecule has 0 aliphatic carbocycles. The summed E-state index contributed by atoms with van der Waals surface area (Å²) in [5.41, 5.74) is 0.831. The minimum atomic E-state index is -0.0597. The molecular weight excluding hydrogens is 269 g/mol. The maximum absolute atomic E-state index is 11.8. The fourth-order valence-corrected chi connectivity index (χ4v) is 1.87. The van der Waals surface area contributed by atoms with E-state index in [1.54, 1.807) is 18.2 Å². The Labute approximate surface area is 118 Å². The van der Waals surface area contributed by atoms with Gasteiger partial charge in [0.15, 0.2) is 0 Å². The van der Waals surface area contributed by atoms with Crippen molar-refractivity contribution >= 4 is 29.1 Å². The molecule has 0 spiro atoms. The van der Waals surface area contributed by atoms with Gasteiger partial charge in [-0.1, -0.05) is 36.2 Å². The van der Waals surface area contributed by atoms with E-state index in [1.165, 1.54) is 0 Å². The standard InChI is InChI=1S/C14H15Cl2NO/c1-3-5-11(4-2)17-14(18)9-10-6-7-12(15)13(16)8-10/h1,6-8,11H,4-5,9H2,2H3,(H,17,18). The first-order valence-electron chi connectivity index (χ1n) is 5.73. The summed E-state index contributed by atoms with van der Waals surface area (Å²) in [6.45, 7) is 1.99. The average molecular weight is 284 g/mol. The molecule has 2 nitrogen and oxygen atoms in total. The second-order valence-electron chi connectivity index (χ2n) is 4.01. The van der Waals surface area contributed by atoms with Gasteiger partial charge in [0, 0.05) is 12.5 Å². The molecule has 0 saturated carbocycles. The fourth-order valence-electron chi connectivity index (χ4n) is 1.55. The van der Waals surface area contributed by atoms with Crippen LogP contribution in [0.1, 0.15) is 25.3 Å². The lowest BCUT2D eigenvalue weighted by molar-refractivity contribution is -0.121. The molecule has 1 aromatic carbocycles. The van der Waals surface area contributed by atoms with Crippen molar-refractivity contribution in [2.75, 3.05) is 0 Å². The number of nitrogens with one attached hydrogen (secondary N) is 1. The first-order chi connectivity index (χ1) is 8.56. The van der Waals surface area contributed by atoms with Crippen LogP contribution in [-0.2, 0) is 11.2 Å². The van der Waals surface area contributed by atoms with Gasteiger partial charge in [-0.2, -0.15) is 0 Å². The lowest BCUT2D eigenvalue weighted by Crippen LogP contribution is -2.35. The molecular formula is C14H15Cl2NO. The molecule has 0 bridgehead atoms. The quantitative estimate of drug-likeness (QED) is 0.824. The highest BCUT2D eigenvalue weighted by Gasteiger charge is 2.10. The lowest BCUT2D eigenvalue weighted by Gasteiger charge is -2.14. The van der Waals surface area contributed by atoms with Crippen LogP contribution in [0, 0.1) is 12.3 Å². The van der Waals surface area contributed by atoms with E-state index in [0.29, 0.717) is 16.5 Å². The molecule has 0 aliphatic heterocycles. The SMILES string of the molecule is C#CCC(CC)NC(=O)Cc1ccc(Cl)c(Cl)c1. The van der Waals surface area contributed by atoms with Crippen LogP contribution in [0.5, 0.6) is 0 Å². The van der Waals surface area contributed by atoms with Gasteiger partial charge in [0.25, 0.3) is 0 Å². The zero-order valence-electron chi connectivity index (χ0n) is 10.2. The normalized spacial score (nSPS) is 11.7. The van der Waals surface area contributed by atoms with Gasteiger partial charge in [-0.25, -0.2) is 0 Å². The van der Waals surface area contributed by atoms with E-state index in [0.717, 1.165) is 12.0 Å². The van der Waals surface area contributed by atoms with Crippen LogP contribution in [0.25, 0.3) is 0 Å². The van der Waals surface area contributed by atoms with Crippen LogP contribution in [0.2, 0.25) is 10.0 Å². The van der Waals surface area contributed by atoms with Gasteiger partial charge in [0.2, 0.25) is 5.91 Å². The van der Waals surface area contributed by atoms with E-state index in [4.69, 9.17) is 29.6 Å². The van der Waals surface area contributed by atoms with Gasteiger partial charge in [-0.3, -0.25) is 4.79 Å². The summed E-state index contributed by atoms with van der Waals surface area (Å²) in [5.74, 6) is 2.49. The minimum Gasteiger partial charge on any atom is -0.352 e. The van der Waals surface area contributed by atoms with Gasteiger partial charge < -0.3 is 5.32 Å². The first-order valence-corrected chi connectivity index (χ1v) is 6.49. The maximum Gasteiger partial charge on any atom is 0.224 e. The molecule has 0 saturated heterocycles. The van der Waals surface area contributed by atoms with Crippen molar-refractivity contribution in [2.24, 2.45) is 0 Å². The third-order valence-electron chi connectivity index (χ3n) is 2.57. The van der Waals surface area contributed by atoms with Gasteiger partial charge >= 0.3 is 0 Å². The Morgan fingerprint density at radius 2 is 2.17 bits per heavy atom. The number of halogens is 2. The van der Waals surface area contributed by atoms with E-state index in [1.807, 2.05) is 6.92 Å². The van der Waals surface area contributed by atoms with Crippen LogP contribution in [-0.4, -0.2) is 11.9 Å². The number of terminal acetylenes is 1. The van der Waals surface area contributed by atoms with Crippen molar-refractivity contribution in [3.63, 3.8) is 0 Å². The molecule has 96 valence electrons. The Bertz CT molecular complexity index is 465. The monoisotopic (exact) mass is 283 g/mol. The van der Waals surface area contributed by atoms with Crippen LogP contribution in [0.15, 0.2) is 18.2 Å². The topological polar surface area (TPSA) is 29.1 Å². The van der Waals surface area contributed by atoms with Crippen molar-refractivity contribution < 1.29 is 4.79 Å². The van der Waals surface area contributed by atoms with Crippen LogP contribution in [0.4, 0.5) is 0 Å². The van der Waals surface area contributed by atoms with Crippen LogP contribution >= 0.6 is 23.2 Å². The molecule has 0 fully saturated rings. The molecule has 18 heavy (non-hydrogen) atoms. The second kappa shape index (κ2) is 7.31. The summed E-state index contributed by atoms with van der Waals surface area (Å²) in [6.07, 6.45) is 6.87. The summed E-state index contributed by atoms with van der Waals surface area (Å²) in [4.78, 5) is 11.8. The molecule has 1 N–H and O–H groups in total. The van der Waals surface area contributed by atoms with Crippen molar-refractivity contribution in [3.8, 4) is 12.3 Å². The van der Waals surface area contributed by atoms with E-state index < -0.39 is 0 Å². The predicted molar refractivity (Wildman–Crippen MR) is 75.8 cm³/mol. The van der Waals surface area contributed by atoms with E-state index >= 15 is 0 Å². The van der Waals surface area contributed by atoms with Crippen LogP contribution < -0.4 is 5.32 Å². The Balaban J connectivity index is 2.59. The van der Waals surface area contributed by atoms with Gasteiger partial charge in [-0.15, -0.1) is 12.3 Å². The third kappa shape index (κ3) is 4.60. The third-order valence-corrected chi connectivity index (χ3v) is 3.31. The zero-order chi connectivity index (χ0) is 13.5. The number of rotatable bonds is 5. The van der Waals surface area contributed by atoms with Gasteiger partial charge in [0.05, 0.1) is 16.5 Å². The molecule has 1 aromatic rings. The molecule has 1 rings (SSSR count). The Hall–Kier alpha value is -1.17. The second-order valence-corrected chi connectivity index (χ2v) is 4.82. The molecule has 4 heteroatoms. The lowest BCUT2D eigenvalue weighted by atomic mass is 10.1. The zero-order valence-corrected chi connectivity index (χ0v) is 11.7. The highest BCUT2D eigenvalue weighted by molar-refractivity contribution is 6.42. The minimum absolute atomic E-state index is 0.0327. The smallest absolute Gasteiger partial charge is 0.224 e. The summed E-state index contributed by atoms with van der Waals surface area (Å²) in [5, 5.41) is 3.83. The molecule has 0 aliphatic rings. The van der Waals surface area contributed by atoms with Crippen molar-refractivity contribution in [3.05, 3.63) is 33.8 Å². The number of benzene rings is 1. The fraction of sp³-hybridized carbons (Fsp3) is 0.357. The number of hydrogen-bond acceptors (Lipinski definition) is 1. The summed E-state index contributed by atoms with van der Waals surface area (Å²) in [6, 6.07) is 5.21. The number of carbonyl (C=O) groups excluding carboxylic acids is 1. The van der Waals surface area contributed by atoms with Gasteiger partial charge in [-0.05, 0) is 24.1 Å². The molecule has 0 aromatic heterocycles. The van der Waals surface area contributed by atoms with Gasteiger partial charge in [0.1, 0.15) is 0 Å². The molecule has 1 amide bonds. The van der Waals surface area contributed by atoms with Crippen molar-refractivity contribution in [2.45, 2.75) is 32.2 Å². The first kappa shape index (κ1) is 14.9. The maximum atomic E-state index is 11.8. The molecule has 1 atom stereocenters. The predicted octanol–water partition coefficient (Wildman–Crippen LogP) is 3.45. The Kier molecular flexibility index (Phi) is 6.04. The number of hydrogen-bond donors (Lipinski definition) is 1. The van der Waals surface area contributed by atoms with Crippen molar-refractivity contribution in [1.82, 2.24) is 5.32 Å². The largest absolute Gasteiger partial charge is 0.352 e. The summed E-state index contributed by atoms with van der Waals surface area (Å²) < 4.78 is 0. The average Bonchev–Trinajstić information content (AvgIpc) is 2.33. The summed E-state index contributed by atoms with van der Waals surface area (Å²) in [7, 11) is 0.